The van der Waals surface area contributed by atoms with Gasteiger partial charge in [0.05, 0.1) is 12.5 Å². The van der Waals surface area contributed by atoms with Crippen molar-refractivity contribution < 1.29 is 27.9 Å². The molecule has 10 heteroatoms. The van der Waals surface area contributed by atoms with Crippen LogP contribution in [0.4, 0.5) is 13.2 Å². The molecule has 2 aromatic heterocycles. The number of amides is 1. The summed E-state index contributed by atoms with van der Waals surface area (Å²) in [4.78, 5) is 32.1. The van der Waals surface area contributed by atoms with Crippen molar-refractivity contribution in [3.8, 4) is 0 Å². The van der Waals surface area contributed by atoms with Crippen molar-refractivity contribution in [2.24, 2.45) is 0 Å². The van der Waals surface area contributed by atoms with Crippen LogP contribution in [0, 0.1) is 0 Å². The number of fused-ring (bicyclic) bond motifs is 1. The van der Waals surface area contributed by atoms with Crippen molar-refractivity contribution in [3.05, 3.63) is 83.7 Å². The Bertz CT molecular complexity index is 1100. The summed E-state index contributed by atoms with van der Waals surface area (Å²) >= 11 is 0. The second-order valence-electron chi connectivity index (χ2n) is 7.46. The van der Waals surface area contributed by atoms with Crippen LogP contribution in [0.15, 0.2) is 61.2 Å². The number of hydrogen-bond donors (Lipinski definition) is 1. The van der Waals surface area contributed by atoms with E-state index in [9.17, 15) is 18.0 Å². The van der Waals surface area contributed by atoms with Crippen LogP contribution < -0.4 is 0 Å². The topological polar surface area (TPSA) is 88.3 Å². The number of halogens is 3. The van der Waals surface area contributed by atoms with E-state index in [1.807, 2.05) is 42.5 Å². The lowest BCUT2D eigenvalue weighted by atomic mass is 9.88. The number of benzene rings is 1. The largest absolute Gasteiger partial charge is 0.490 e. The van der Waals surface area contributed by atoms with Crippen molar-refractivity contribution in [1.29, 1.82) is 0 Å². The Kier molecular flexibility index (Phi) is 7.47. The predicted molar refractivity (Wildman–Crippen MR) is 113 cm³/mol. The first-order valence-corrected chi connectivity index (χ1v) is 10.3. The van der Waals surface area contributed by atoms with E-state index in [-0.39, 0.29) is 11.8 Å². The molecule has 0 saturated heterocycles. The molecule has 33 heavy (non-hydrogen) atoms. The van der Waals surface area contributed by atoms with Gasteiger partial charge in [-0.15, -0.1) is 0 Å². The Morgan fingerprint density at radius 1 is 1.15 bits per heavy atom. The highest BCUT2D eigenvalue weighted by Gasteiger charge is 2.38. The number of carbonyl (C=O) groups is 2. The van der Waals surface area contributed by atoms with Gasteiger partial charge in [-0.1, -0.05) is 37.3 Å². The van der Waals surface area contributed by atoms with E-state index >= 15 is 0 Å². The van der Waals surface area contributed by atoms with Crippen molar-refractivity contribution >= 4 is 11.9 Å². The number of aliphatic carboxylic acids is 1. The fourth-order valence-electron chi connectivity index (χ4n) is 3.69. The van der Waals surface area contributed by atoms with Crippen molar-refractivity contribution in [2.45, 2.75) is 38.5 Å². The van der Waals surface area contributed by atoms with Crippen LogP contribution >= 0.6 is 0 Å². The van der Waals surface area contributed by atoms with Gasteiger partial charge in [0.2, 0.25) is 5.91 Å². The predicted octanol–water partition coefficient (Wildman–Crippen LogP) is 3.84. The number of imidazole rings is 1. The smallest absolute Gasteiger partial charge is 0.475 e. The zero-order chi connectivity index (χ0) is 24.0. The van der Waals surface area contributed by atoms with Crippen LogP contribution in [-0.4, -0.2) is 49.1 Å². The van der Waals surface area contributed by atoms with Crippen LogP contribution in [0.3, 0.4) is 0 Å². The first-order valence-electron chi connectivity index (χ1n) is 10.3. The molecule has 1 N–H and O–H groups in total. The average molecular weight is 460 g/mol. The summed E-state index contributed by atoms with van der Waals surface area (Å²) < 4.78 is 33.9. The molecular weight excluding hydrogens is 437 g/mol. The minimum absolute atomic E-state index is 0.0853. The lowest BCUT2D eigenvalue weighted by Gasteiger charge is -2.34. The van der Waals surface area contributed by atoms with Crippen LogP contribution in [0.25, 0.3) is 0 Å². The van der Waals surface area contributed by atoms with E-state index in [4.69, 9.17) is 9.90 Å². The quantitative estimate of drug-likeness (QED) is 0.639. The number of rotatable bonds is 4. The Balaban J connectivity index is 0.000000383. The van der Waals surface area contributed by atoms with Crippen molar-refractivity contribution in [3.63, 3.8) is 0 Å². The van der Waals surface area contributed by atoms with Crippen LogP contribution in [0.5, 0.6) is 0 Å². The normalized spacial score (nSPS) is 15.3. The molecule has 7 nitrogen and oxygen atoms in total. The molecule has 0 bridgehead atoms. The highest BCUT2D eigenvalue weighted by Crippen LogP contribution is 2.33. The van der Waals surface area contributed by atoms with Crippen LogP contribution in [0.2, 0.25) is 0 Å². The summed E-state index contributed by atoms with van der Waals surface area (Å²) in [5.41, 5.74) is 3.62. The van der Waals surface area contributed by atoms with Gasteiger partial charge in [-0.2, -0.15) is 13.2 Å². The molecule has 1 amide bonds. The Morgan fingerprint density at radius 2 is 1.88 bits per heavy atom. The standard InChI is InChI=1S/C21H22N4O.C2HF3O2/c1-2-20(26)25-14-17-7-3-4-8-18(17)19(15-25)21-23-10-11-24(21)13-16-6-5-9-22-12-16;3-2(4,5)1(6)7/h3-12,19H,2,13-15H2,1H3;(H,6,7). The van der Waals surface area contributed by atoms with Gasteiger partial charge in [0, 0.05) is 44.3 Å². The maximum absolute atomic E-state index is 12.4. The Morgan fingerprint density at radius 3 is 2.52 bits per heavy atom. The molecule has 1 aliphatic rings. The Hall–Kier alpha value is -3.69. The van der Waals surface area contributed by atoms with Gasteiger partial charge in [-0.05, 0) is 22.8 Å². The molecule has 4 rings (SSSR count). The van der Waals surface area contributed by atoms with E-state index in [2.05, 4.69) is 38.8 Å². The summed E-state index contributed by atoms with van der Waals surface area (Å²) in [5, 5.41) is 7.12. The minimum atomic E-state index is -5.08. The van der Waals surface area contributed by atoms with Gasteiger partial charge in [-0.3, -0.25) is 9.78 Å². The van der Waals surface area contributed by atoms with Gasteiger partial charge in [-0.25, -0.2) is 9.78 Å². The summed E-state index contributed by atoms with van der Waals surface area (Å²) in [6, 6.07) is 12.4. The molecule has 0 aliphatic carbocycles. The highest BCUT2D eigenvalue weighted by atomic mass is 19.4. The first-order chi connectivity index (χ1) is 15.7. The molecule has 0 spiro atoms. The molecule has 0 saturated carbocycles. The first kappa shape index (κ1) is 24.0. The molecule has 1 atom stereocenters. The number of pyridine rings is 1. The maximum Gasteiger partial charge on any atom is 0.490 e. The summed E-state index contributed by atoms with van der Waals surface area (Å²) in [7, 11) is 0. The lowest BCUT2D eigenvalue weighted by Crippen LogP contribution is -2.39. The Labute approximate surface area is 188 Å². The zero-order valence-electron chi connectivity index (χ0n) is 17.9. The third-order valence-corrected chi connectivity index (χ3v) is 5.23. The van der Waals surface area contributed by atoms with Crippen LogP contribution in [0.1, 0.15) is 41.8 Å². The second kappa shape index (κ2) is 10.3. The van der Waals surface area contributed by atoms with Crippen molar-refractivity contribution in [1.82, 2.24) is 19.4 Å². The third kappa shape index (κ3) is 5.97. The number of carboxylic acid groups (broad SMARTS) is 1. The summed E-state index contributed by atoms with van der Waals surface area (Å²) in [5.74, 6) is -1.49. The third-order valence-electron chi connectivity index (χ3n) is 5.23. The van der Waals surface area contributed by atoms with E-state index in [0.29, 0.717) is 19.5 Å². The van der Waals surface area contributed by atoms with E-state index in [1.165, 1.54) is 11.1 Å². The average Bonchev–Trinajstić information content (AvgIpc) is 3.26. The number of aromatic nitrogens is 3. The molecule has 1 aromatic carbocycles. The maximum atomic E-state index is 12.4. The van der Waals surface area contributed by atoms with Crippen LogP contribution in [-0.2, 0) is 22.7 Å². The number of carboxylic acids is 1. The monoisotopic (exact) mass is 460 g/mol. The second-order valence-corrected chi connectivity index (χ2v) is 7.46. The molecule has 1 aliphatic heterocycles. The fraction of sp³-hybridized carbons (Fsp3) is 0.304. The van der Waals surface area contributed by atoms with E-state index in [0.717, 1.165) is 17.9 Å². The van der Waals surface area contributed by atoms with Crippen molar-refractivity contribution in [2.75, 3.05) is 6.54 Å². The SMILES string of the molecule is CCC(=O)N1Cc2ccccc2C(c2nccn2Cc2cccnc2)C1.O=C(O)C(F)(F)F. The number of nitrogens with zero attached hydrogens (tertiary/aromatic N) is 4. The van der Waals surface area contributed by atoms with Gasteiger partial charge in [0.1, 0.15) is 5.82 Å². The fourth-order valence-corrected chi connectivity index (χ4v) is 3.69. The molecule has 0 fully saturated rings. The molecule has 174 valence electrons. The molecule has 3 aromatic rings. The molecular formula is C23H23F3N4O3. The zero-order valence-corrected chi connectivity index (χ0v) is 17.9. The van der Waals surface area contributed by atoms with Gasteiger partial charge in [0.15, 0.2) is 0 Å². The molecule has 0 radical (unpaired) electrons. The molecule has 1 unspecified atom stereocenters. The molecule has 3 heterocycles. The number of carbonyl (C=O) groups excluding carboxylic acids is 1. The summed E-state index contributed by atoms with van der Waals surface area (Å²) in [6.45, 7) is 4.00. The lowest BCUT2D eigenvalue weighted by molar-refractivity contribution is -0.192. The minimum Gasteiger partial charge on any atom is -0.475 e. The van der Waals surface area contributed by atoms with Gasteiger partial charge < -0.3 is 14.6 Å². The van der Waals surface area contributed by atoms with Gasteiger partial charge >= 0.3 is 12.1 Å². The van der Waals surface area contributed by atoms with Gasteiger partial charge in [0.25, 0.3) is 0 Å². The number of alkyl halides is 3. The number of hydrogen-bond acceptors (Lipinski definition) is 4. The van der Waals surface area contributed by atoms with E-state index in [1.54, 1.807) is 6.20 Å². The van der Waals surface area contributed by atoms with E-state index < -0.39 is 12.1 Å². The summed E-state index contributed by atoms with van der Waals surface area (Å²) in [6.07, 6.45) is 2.95. The highest BCUT2D eigenvalue weighted by molar-refractivity contribution is 5.76.